The standard InChI is InChI=1S/C16H21Cl2NO/c1-11-5-3-4-6-15(11)19(2)10-16(20)13-9-12(17)7-8-14(13)18/h7-9,11,15H,3-6,10H2,1-2H3. The summed E-state index contributed by atoms with van der Waals surface area (Å²) < 4.78 is 0. The van der Waals surface area contributed by atoms with Gasteiger partial charge in [0.1, 0.15) is 0 Å². The maximum Gasteiger partial charge on any atom is 0.178 e. The zero-order chi connectivity index (χ0) is 14.7. The van der Waals surface area contributed by atoms with Gasteiger partial charge in [-0.3, -0.25) is 9.69 Å². The van der Waals surface area contributed by atoms with Crippen LogP contribution in [0.1, 0.15) is 43.0 Å². The Kier molecular flexibility index (Phi) is 5.48. The molecule has 0 spiro atoms. The highest BCUT2D eigenvalue weighted by Crippen LogP contribution is 2.28. The van der Waals surface area contributed by atoms with Gasteiger partial charge in [-0.1, -0.05) is 43.0 Å². The Morgan fingerprint density at radius 1 is 1.30 bits per heavy atom. The predicted octanol–water partition coefficient (Wildman–Crippen LogP) is 4.69. The topological polar surface area (TPSA) is 20.3 Å². The van der Waals surface area contributed by atoms with Crippen molar-refractivity contribution in [3.05, 3.63) is 33.8 Å². The normalized spacial score (nSPS) is 23.1. The number of likely N-dealkylation sites (N-methyl/N-ethyl adjacent to an activating group) is 1. The van der Waals surface area contributed by atoms with Gasteiger partial charge in [-0.05, 0) is 44.0 Å². The summed E-state index contributed by atoms with van der Waals surface area (Å²) in [6.45, 7) is 2.67. The Bertz CT molecular complexity index is 489. The molecule has 1 aliphatic carbocycles. The van der Waals surface area contributed by atoms with Gasteiger partial charge >= 0.3 is 0 Å². The number of Topliss-reactive ketones (excluding diaryl/α,β-unsaturated/α-hetero) is 1. The molecule has 0 saturated heterocycles. The van der Waals surface area contributed by atoms with Crippen molar-refractivity contribution in [1.29, 1.82) is 0 Å². The molecular formula is C16H21Cl2NO. The molecule has 0 amide bonds. The number of benzene rings is 1. The van der Waals surface area contributed by atoms with E-state index in [1.165, 1.54) is 25.7 Å². The molecule has 0 heterocycles. The molecule has 1 aromatic rings. The van der Waals surface area contributed by atoms with Crippen molar-refractivity contribution in [2.24, 2.45) is 5.92 Å². The van der Waals surface area contributed by atoms with Crippen LogP contribution in [0.3, 0.4) is 0 Å². The maximum atomic E-state index is 12.4. The fourth-order valence-corrected chi connectivity index (χ4v) is 3.49. The van der Waals surface area contributed by atoms with Crippen molar-refractivity contribution in [1.82, 2.24) is 4.90 Å². The van der Waals surface area contributed by atoms with Crippen molar-refractivity contribution >= 4 is 29.0 Å². The number of halogens is 2. The van der Waals surface area contributed by atoms with E-state index < -0.39 is 0 Å². The number of carbonyl (C=O) groups is 1. The lowest BCUT2D eigenvalue weighted by atomic mass is 9.85. The maximum absolute atomic E-state index is 12.4. The van der Waals surface area contributed by atoms with Crippen LogP contribution in [0.15, 0.2) is 18.2 Å². The zero-order valence-corrected chi connectivity index (χ0v) is 13.5. The van der Waals surface area contributed by atoms with Crippen LogP contribution in [0.5, 0.6) is 0 Å². The molecule has 0 aliphatic heterocycles. The fraction of sp³-hybridized carbons (Fsp3) is 0.562. The van der Waals surface area contributed by atoms with Crippen molar-refractivity contribution in [2.75, 3.05) is 13.6 Å². The van der Waals surface area contributed by atoms with E-state index in [1.54, 1.807) is 18.2 Å². The van der Waals surface area contributed by atoms with Crippen LogP contribution in [-0.2, 0) is 0 Å². The summed E-state index contributed by atoms with van der Waals surface area (Å²) >= 11 is 12.0. The van der Waals surface area contributed by atoms with Gasteiger partial charge in [-0.15, -0.1) is 0 Å². The van der Waals surface area contributed by atoms with Crippen molar-refractivity contribution < 1.29 is 4.79 Å². The molecule has 4 heteroatoms. The molecule has 110 valence electrons. The smallest absolute Gasteiger partial charge is 0.178 e. The molecule has 2 rings (SSSR count). The Morgan fingerprint density at radius 2 is 2.00 bits per heavy atom. The van der Waals surface area contributed by atoms with Gasteiger partial charge in [-0.25, -0.2) is 0 Å². The quantitative estimate of drug-likeness (QED) is 0.752. The second-order valence-electron chi connectivity index (χ2n) is 5.79. The first kappa shape index (κ1) is 15.8. The van der Waals surface area contributed by atoms with Crippen molar-refractivity contribution in [3.8, 4) is 0 Å². The number of hydrogen-bond donors (Lipinski definition) is 0. The van der Waals surface area contributed by atoms with E-state index in [1.807, 2.05) is 7.05 Å². The van der Waals surface area contributed by atoms with Crippen LogP contribution in [0, 0.1) is 5.92 Å². The lowest BCUT2D eigenvalue weighted by Crippen LogP contribution is -2.41. The van der Waals surface area contributed by atoms with E-state index in [0.29, 0.717) is 34.1 Å². The third kappa shape index (κ3) is 3.75. The highest BCUT2D eigenvalue weighted by atomic mass is 35.5. The van der Waals surface area contributed by atoms with Crippen molar-refractivity contribution in [2.45, 2.75) is 38.6 Å². The summed E-state index contributed by atoms with van der Waals surface area (Å²) in [5.41, 5.74) is 0.523. The number of nitrogens with zero attached hydrogens (tertiary/aromatic N) is 1. The third-order valence-corrected chi connectivity index (χ3v) is 4.82. The summed E-state index contributed by atoms with van der Waals surface area (Å²) in [5, 5.41) is 1.02. The number of ketones is 1. The van der Waals surface area contributed by atoms with E-state index in [4.69, 9.17) is 23.2 Å². The lowest BCUT2D eigenvalue weighted by molar-refractivity contribution is 0.0851. The first-order chi connectivity index (χ1) is 9.49. The van der Waals surface area contributed by atoms with Gasteiger partial charge in [-0.2, -0.15) is 0 Å². The van der Waals surface area contributed by atoms with Gasteiger partial charge in [0.25, 0.3) is 0 Å². The van der Waals surface area contributed by atoms with Crippen LogP contribution in [0.2, 0.25) is 10.0 Å². The second kappa shape index (κ2) is 6.93. The lowest BCUT2D eigenvalue weighted by Gasteiger charge is -2.35. The van der Waals surface area contributed by atoms with Gasteiger partial charge < -0.3 is 0 Å². The van der Waals surface area contributed by atoms with Gasteiger partial charge in [0.15, 0.2) is 5.78 Å². The van der Waals surface area contributed by atoms with E-state index in [-0.39, 0.29) is 5.78 Å². The average molecular weight is 314 g/mol. The van der Waals surface area contributed by atoms with E-state index in [2.05, 4.69) is 11.8 Å². The van der Waals surface area contributed by atoms with Crippen LogP contribution in [0.4, 0.5) is 0 Å². The highest BCUT2D eigenvalue weighted by molar-refractivity contribution is 6.36. The van der Waals surface area contributed by atoms with Gasteiger partial charge in [0, 0.05) is 16.6 Å². The Hall–Kier alpha value is -0.570. The Morgan fingerprint density at radius 3 is 2.70 bits per heavy atom. The molecule has 2 atom stereocenters. The highest BCUT2D eigenvalue weighted by Gasteiger charge is 2.26. The number of hydrogen-bond acceptors (Lipinski definition) is 2. The summed E-state index contributed by atoms with van der Waals surface area (Å²) in [7, 11) is 2.03. The minimum absolute atomic E-state index is 0.0396. The predicted molar refractivity (Wildman–Crippen MR) is 84.8 cm³/mol. The van der Waals surface area contributed by atoms with Crippen LogP contribution in [-0.4, -0.2) is 30.3 Å². The third-order valence-electron chi connectivity index (χ3n) is 4.25. The molecule has 1 fully saturated rings. The molecule has 1 aromatic carbocycles. The summed E-state index contributed by atoms with van der Waals surface area (Å²) in [6.07, 6.45) is 4.99. The summed E-state index contributed by atoms with van der Waals surface area (Å²) in [6, 6.07) is 5.53. The van der Waals surface area contributed by atoms with Crippen molar-refractivity contribution in [3.63, 3.8) is 0 Å². The van der Waals surface area contributed by atoms with E-state index in [0.717, 1.165) is 0 Å². The molecule has 1 aliphatic rings. The first-order valence-corrected chi connectivity index (χ1v) is 7.93. The van der Waals surface area contributed by atoms with E-state index in [9.17, 15) is 4.79 Å². The fourth-order valence-electron chi connectivity index (χ4n) is 3.09. The SMILES string of the molecule is CC1CCCCC1N(C)CC(=O)c1cc(Cl)ccc1Cl. The molecule has 1 saturated carbocycles. The van der Waals surface area contributed by atoms with Gasteiger partial charge in [0.2, 0.25) is 0 Å². The largest absolute Gasteiger partial charge is 0.296 e. The monoisotopic (exact) mass is 313 g/mol. The summed E-state index contributed by atoms with van der Waals surface area (Å²) in [5.74, 6) is 0.689. The molecule has 2 nitrogen and oxygen atoms in total. The molecule has 0 aromatic heterocycles. The van der Waals surface area contributed by atoms with E-state index >= 15 is 0 Å². The van der Waals surface area contributed by atoms with Gasteiger partial charge in [0.05, 0.1) is 11.6 Å². The molecule has 20 heavy (non-hydrogen) atoms. The zero-order valence-electron chi connectivity index (χ0n) is 12.0. The molecular weight excluding hydrogens is 293 g/mol. The summed E-state index contributed by atoms with van der Waals surface area (Å²) in [4.78, 5) is 14.6. The number of carbonyl (C=O) groups excluding carboxylic acids is 1. The second-order valence-corrected chi connectivity index (χ2v) is 6.64. The van der Waals surface area contributed by atoms with Crippen LogP contribution < -0.4 is 0 Å². The molecule has 0 bridgehead atoms. The number of rotatable bonds is 4. The molecule has 0 radical (unpaired) electrons. The molecule has 0 N–H and O–H groups in total. The first-order valence-electron chi connectivity index (χ1n) is 7.17. The molecule has 2 unspecified atom stereocenters. The average Bonchev–Trinajstić information content (AvgIpc) is 2.41. The van der Waals surface area contributed by atoms with Crippen LogP contribution in [0.25, 0.3) is 0 Å². The minimum atomic E-state index is 0.0396. The minimum Gasteiger partial charge on any atom is -0.296 e. The Balaban J connectivity index is 2.05. The van der Waals surface area contributed by atoms with Crippen LogP contribution >= 0.6 is 23.2 Å². The Labute approximate surface area is 131 Å².